The van der Waals surface area contributed by atoms with Gasteiger partial charge in [-0.3, -0.25) is 9.59 Å². The highest BCUT2D eigenvalue weighted by Gasteiger charge is 2.28. The Labute approximate surface area is 197 Å². The number of amides is 2. The van der Waals surface area contributed by atoms with Gasteiger partial charge in [0.2, 0.25) is 11.8 Å². The number of nitrogens with zero attached hydrogens (tertiary/aromatic N) is 1. The number of benzene rings is 2. The molecule has 180 valence electrons. The van der Waals surface area contributed by atoms with E-state index in [1.807, 2.05) is 56.3 Å². The number of hydrogen-bond acceptors (Lipinski definition) is 5. The number of methoxy groups -OCH3 is 3. The van der Waals surface area contributed by atoms with Crippen molar-refractivity contribution in [3.8, 4) is 17.2 Å². The molecule has 0 heterocycles. The molecule has 0 radical (unpaired) electrons. The molecular weight excluding hydrogens is 420 g/mol. The summed E-state index contributed by atoms with van der Waals surface area (Å²) in [6.07, 6.45) is 2.19. The molecule has 1 atom stereocenters. The van der Waals surface area contributed by atoms with Gasteiger partial charge in [-0.1, -0.05) is 32.0 Å². The second kappa shape index (κ2) is 13.4. The Morgan fingerprint density at radius 1 is 0.909 bits per heavy atom. The third kappa shape index (κ3) is 7.41. The van der Waals surface area contributed by atoms with E-state index in [0.29, 0.717) is 37.4 Å². The molecule has 0 fully saturated rings. The lowest BCUT2D eigenvalue weighted by Gasteiger charge is -2.31. The molecule has 2 amide bonds. The molecule has 0 aliphatic heterocycles. The summed E-state index contributed by atoms with van der Waals surface area (Å²) < 4.78 is 15.9. The van der Waals surface area contributed by atoms with E-state index in [2.05, 4.69) is 5.32 Å². The summed E-state index contributed by atoms with van der Waals surface area (Å²) >= 11 is 0. The smallest absolute Gasteiger partial charge is 0.242 e. The lowest BCUT2D eigenvalue weighted by molar-refractivity contribution is -0.141. The molecule has 0 aromatic heterocycles. The molecule has 1 unspecified atom stereocenters. The summed E-state index contributed by atoms with van der Waals surface area (Å²) in [5.74, 6) is 1.83. The fourth-order valence-corrected chi connectivity index (χ4v) is 3.64. The van der Waals surface area contributed by atoms with Crippen LogP contribution in [0.25, 0.3) is 0 Å². The number of carbonyl (C=O) groups excluding carboxylic acids is 2. The number of rotatable bonds is 13. The summed E-state index contributed by atoms with van der Waals surface area (Å²) in [6.45, 7) is 4.88. The topological polar surface area (TPSA) is 77.1 Å². The second-order valence-electron chi connectivity index (χ2n) is 7.77. The molecule has 7 nitrogen and oxygen atoms in total. The van der Waals surface area contributed by atoms with Crippen LogP contribution in [0.5, 0.6) is 17.2 Å². The summed E-state index contributed by atoms with van der Waals surface area (Å²) in [6, 6.07) is 12.7. The summed E-state index contributed by atoms with van der Waals surface area (Å²) in [5.41, 5.74) is 1.91. The molecule has 0 aliphatic rings. The first-order valence-corrected chi connectivity index (χ1v) is 11.4. The van der Waals surface area contributed by atoms with Gasteiger partial charge in [0, 0.05) is 19.5 Å². The fourth-order valence-electron chi connectivity index (χ4n) is 3.64. The number of hydrogen-bond donors (Lipinski definition) is 1. The van der Waals surface area contributed by atoms with E-state index < -0.39 is 6.04 Å². The molecule has 0 aliphatic carbocycles. The average Bonchev–Trinajstić information content (AvgIpc) is 2.85. The van der Waals surface area contributed by atoms with Crippen LogP contribution >= 0.6 is 0 Å². The van der Waals surface area contributed by atoms with Crippen molar-refractivity contribution in [2.45, 2.75) is 52.1 Å². The van der Waals surface area contributed by atoms with Crippen molar-refractivity contribution in [3.05, 3.63) is 53.6 Å². The van der Waals surface area contributed by atoms with E-state index in [0.717, 1.165) is 23.3 Å². The van der Waals surface area contributed by atoms with Crippen LogP contribution in [0, 0.1) is 0 Å². The van der Waals surface area contributed by atoms with E-state index in [9.17, 15) is 9.59 Å². The zero-order valence-electron chi connectivity index (χ0n) is 20.3. The summed E-state index contributed by atoms with van der Waals surface area (Å²) in [5, 5.41) is 2.94. The first kappa shape index (κ1) is 26.0. The third-order valence-corrected chi connectivity index (χ3v) is 5.52. The van der Waals surface area contributed by atoms with Crippen molar-refractivity contribution in [2.75, 3.05) is 27.9 Å². The van der Waals surface area contributed by atoms with E-state index in [4.69, 9.17) is 14.2 Å². The van der Waals surface area contributed by atoms with Crippen molar-refractivity contribution >= 4 is 11.8 Å². The van der Waals surface area contributed by atoms with Crippen LogP contribution in [0.15, 0.2) is 42.5 Å². The maximum absolute atomic E-state index is 13.4. The molecule has 0 saturated carbocycles. The van der Waals surface area contributed by atoms with Gasteiger partial charge in [-0.2, -0.15) is 0 Å². The van der Waals surface area contributed by atoms with E-state index in [1.165, 1.54) is 0 Å². The summed E-state index contributed by atoms with van der Waals surface area (Å²) in [7, 11) is 4.79. The minimum Gasteiger partial charge on any atom is -0.497 e. The minimum atomic E-state index is -0.531. The summed E-state index contributed by atoms with van der Waals surface area (Å²) in [4.78, 5) is 27.9. The van der Waals surface area contributed by atoms with Gasteiger partial charge in [0.1, 0.15) is 11.8 Å². The van der Waals surface area contributed by atoms with Gasteiger partial charge in [-0.25, -0.2) is 0 Å². The second-order valence-corrected chi connectivity index (χ2v) is 7.77. The van der Waals surface area contributed by atoms with Crippen molar-refractivity contribution in [3.63, 3.8) is 0 Å². The average molecular weight is 457 g/mol. The Hall–Kier alpha value is -3.22. The molecule has 33 heavy (non-hydrogen) atoms. The quantitative estimate of drug-likeness (QED) is 0.493. The zero-order chi connectivity index (χ0) is 24.2. The first-order valence-electron chi connectivity index (χ1n) is 11.4. The Morgan fingerprint density at radius 2 is 1.58 bits per heavy atom. The van der Waals surface area contributed by atoms with Crippen molar-refractivity contribution < 1.29 is 23.8 Å². The van der Waals surface area contributed by atoms with Crippen LogP contribution in [0.4, 0.5) is 0 Å². The molecule has 2 aromatic carbocycles. The lowest BCUT2D eigenvalue weighted by atomic mass is 10.1. The number of ether oxygens (including phenoxy) is 3. The predicted octanol–water partition coefficient (Wildman–Crippen LogP) is 3.98. The lowest BCUT2D eigenvalue weighted by Crippen LogP contribution is -2.49. The highest BCUT2D eigenvalue weighted by atomic mass is 16.5. The standard InChI is InChI=1S/C26H36N2O5/c1-6-16-27-26(30)22(7-2)28(18-20-8-12-21(31-3)13-9-20)25(29)15-11-19-10-14-23(32-4)24(17-19)33-5/h8-10,12-14,17,22H,6-7,11,15-16,18H2,1-5H3,(H,27,30). The van der Waals surface area contributed by atoms with E-state index in [-0.39, 0.29) is 18.2 Å². The van der Waals surface area contributed by atoms with Crippen LogP contribution in [-0.4, -0.2) is 50.6 Å². The number of carbonyl (C=O) groups is 2. The van der Waals surface area contributed by atoms with Crippen molar-refractivity contribution in [1.29, 1.82) is 0 Å². The first-order chi connectivity index (χ1) is 16.0. The minimum absolute atomic E-state index is 0.0703. The third-order valence-electron chi connectivity index (χ3n) is 5.52. The molecular formula is C26H36N2O5. The van der Waals surface area contributed by atoms with E-state index in [1.54, 1.807) is 26.2 Å². The highest BCUT2D eigenvalue weighted by molar-refractivity contribution is 5.87. The molecule has 7 heteroatoms. The molecule has 2 aromatic rings. The predicted molar refractivity (Wildman–Crippen MR) is 129 cm³/mol. The monoisotopic (exact) mass is 456 g/mol. The number of nitrogens with one attached hydrogen (secondary N) is 1. The van der Waals surface area contributed by atoms with Gasteiger partial charge >= 0.3 is 0 Å². The normalized spacial score (nSPS) is 11.4. The Balaban J connectivity index is 2.21. The Bertz CT molecular complexity index is 898. The van der Waals surface area contributed by atoms with Crippen LogP contribution in [-0.2, 0) is 22.6 Å². The highest BCUT2D eigenvalue weighted by Crippen LogP contribution is 2.28. The molecule has 1 N–H and O–H groups in total. The largest absolute Gasteiger partial charge is 0.497 e. The molecule has 0 bridgehead atoms. The molecule has 0 saturated heterocycles. The van der Waals surface area contributed by atoms with Crippen LogP contribution in [0.3, 0.4) is 0 Å². The van der Waals surface area contributed by atoms with Gasteiger partial charge in [-0.05, 0) is 54.7 Å². The van der Waals surface area contributed by atoms with E-state index >= 15 is 0 Å². The van der Waals surface area contributed by atoms with Crippen LogP contribution < -0.4 is 19.5 Å². The maximum Gasteiger partial charge on any atom is 0.242 e. The fraction of sp³-hybridized carbons (Fsp3) is 0.462. The molecule has 0 spiro atoms. The number of aryl methyl sites for hydroxylation is 1. The van der Waals surface area contributed by atoms with Crippen molar-refractivity contribution in [2.24, 2.45) is 0 Å². The van der Waals surface area contributed by atoms with Gasteiger partial charge in [0.15, 0.2) is 11.5 Å². The SMILES string of the molecule is CCCNC(=O)C(CC)N(Cc1ccc(OC)cc1)C(=O)CCc1ccc(OC)c(OC)c1. The van der Waals surface area contributed by atoms with Crippen molar-refractivity contribution in [1.82, 2.24) is 10.2 Å². The zero-order valence-corrected chi connectivity index (χ0v) is 20.3. The Morgan fingerprint density at radius 3 is 2.15 bits per heavy atom. The van der Waals surface area contributed by atoms with Crippen LogP contribution in [0.1, 0.15) is 44.2 Å². The Kier molecular flexibility index (Phi) is 10.5. The van der Waals surface area contributed by atoms with Gasteiger partial charge in [-0.15, -0.1) is 0 Å². The van der Waals surface area contributed by atoms with Gasteiger partial charge in [0.25, 0.3) is 0 Å². The van der Waals surface area contributed by atoms with Gasteiger partial charge < -0.3 is 24.4 Å². The van der Waals surface area contributed by atoms with Crippen LogP contribution in [0.2, 0.25) is 0 Å². The maximum atomic E-state index is 13.4. The van der Waals surface area contributed by atoms with Gasteiger partial charge in [0.05, 0.1) is 21.3 Å². The molecule has 2 rings (SSSR count).